The van der Waals surface area contributed by atoms with Gasteiger partial charge in [-0.25, -0.2) is 9.59 Å². The molecule has 2 aromatic carbocycles. The summed E-state index contributed by atoms with van der Waals surface area (Å²) in [5.41, 5.74) is 3.36. The maximum atomic E-state index is 12.3. The Hall–Kier alpha value is -3.61. The smallest absolute Gasteiger partial charge is 0.412 e. The van der Waals surface area contributed by atoms with E-state index in [0.29, 0.717) is 0 Å². The molecule has 1 amide bonds. The number of nitrogens with one attached hydrogen (secondary N) is 1. The van der Waals surface area contributed by atoms with Crippen molar-refractivity contribution in [3.8, 4) is 11.1 Å². The number of carboxylic acids is 1. The van der Waals surface area contributed by atoms with Crippen LogP contribution in [0.25, 0.3) is 11.1 Å². The van der Waals surface area contributed by atoms with Crippen LogP contribution in [0.3, 0.4) is 0 Å². The minimum atomic E-state index is -1.22. The van der Waals surface area contributed by atoms with Gasteiger partial charge in [0.2, 0.25) is 0 Å². The number of anilines is 1. The van der Waals surface area contributed by atoms with Crippen LogP contribution in [-0.4, -0.2) is 33.6 Å². The number of rotatable bonds is 5. The topological polar surface area (TPSA) is 93.5 Å². The van der Waals surface area contributed by atoms with Gasteiger partial charge in [0.1, 0.15) is 6.61 Å². The first-order valence-corrected chi connectivity index (χ1v) is 9.29. The van der Waals surface area contributed by atoms with Crippen molar-refractivity contribution in [3.63, 3.8) is 0 Å². The van der Waals surface area contributed by atoms with Crippen LogP contribution in [0.4, 0.5) is 10.6 Å². The number of fused-ring (bicyclic) bond motifs is 3. The third-order valence-electron chi connectivity index (χ3n) is 5.26. The van der Waals surface area contributed by atoms with E-state index in [0.717, 1.165) is 22.3 Å². The first-order valence-electron chi connectivity index (χ1n) is 9.29. The number of carbonyl (C=O) groups is 2. The minimum absolute atomic E-state index is 0.0309. The highest BCUT2D eigenvalue weighted by Gasteiger charge is 2.31. The Bertz CT molecular complexity index is 1040. The van der Waals surface area contributed by atoms with Crippen LogP contribution >= 0.6 is 0 Å². The summed E-state index contributed by atoms with van der Waals surface area (Å²) in [7, 11) is 0. The molecule has 0 fully saturated rings. The van der Waals surface area contributed by atoms with Gasteiger partial charge in [0.05, 0.1) is 0 Å². The molecule has 0 unspecified atom stereocenters. The molecular weight excluding hydrogens is 370 g/mol. The summed E-state index contributed by atoms with van der Waals surface area (Å²) in [6, 6.07) is 17.8. The predicted molar refractivity (Wildman–Crippen MR) is 108 cm³/mol. The monoisotopic (exact) mass is 391 g/mol. The summed E-state index contributed by atoms with van der Waals surface area (Å²) < 4.78 is 6.76. The number of ether oxygens (including phenoxy) is 1. The van der Waals surface area contributed by atoms with Crippen LogP contribution in [0.5, 0.6) is 0 Å². The Labute approximate surface area is 167 Å². The first-order chi connectivity index (χ1) is 13.9. The van der Waals surface area contributed by atoms with Crippen molar-refractivity contribution in [2.24, 2.45) is 0 Å². The maximum Gasteiger partial charge on any atom is 0.412 e. The summed E-state index contributed by atoms with van der Waals surface area (Å²) >= 11 is 0. The highest BCUT2D eigenvalue weighted by molar-refractivity contribution is 5.84. The lowest BCUT2D eigenvalue weighted by Crippen LogP contribution is -2.36. The fourth-order valence-electron chi connectivity index (χ4n) is 3.54. The zero-order valence-corrected chi connectivity index (χ0v) is 16.1. The number of carboxylic acid groups (broad SMARTS) is 1. The van der Waals surface area contributed by atoms with Gasteiger partial charge in [-0.2, -0.15) is 5.10 Å². The highest BCUT2D eigenvalue weighted by atomic mass is 16.5. The number of hydrogen-bond donors (Lipinski definition) is 2. The zero-order valence-electron chi connectivity index (χ0n) is 16.1. The number of nitrogens with zero attached hydrogens (tertiary/aromatic N) is 2. The van der Waals surface area contributed by atoms with Crippen LogP contribution < -0.4 is 5.32 Å². The van der Waals surface area contributed by atoms with E-state index >= 15 is 0 Å². The molecule has 2 N–H and O–H groups in total. The first kappa shape index (κ1) is 18.7. The van der Waals surface area contributed by atoms with Gasteiger partial charge in [-0.3, -0.25) is 10.00 Å². The second-order valence-corrected chi connectivity index (χ2v) is 7.46. The van der Waals surface area contributed by atoms with Crippen LogP contribution in [0, 0.1) is 0 Å². The average Bonchev–Trinajstić information content (AvgIpc) is 3.29. The molecule has 1 aliphatic carbocycles. The van der Waals surface area contributed by atoms with E-state index in [4.69, 9.17) is 4.74 Å². The summed E-state index contributed by atoms with van der Waals surface area (Å²) in [6.45, 7) is 3.25. The molecule has 0 spiro atoms. The number of benzene rings is 2. The fraction of sp³-hybridized carbons (Fsp3) is 0.227. The Morgan fingerprint density at radius 3 is 2.24 bits per heavy atom. The fourth-order valence-corrected chi connectivity index (χ4v) is 3.54. The molecule has 7 nitrogen and oxygen atoms in total. The molecule has 0 bridgehead atoms. The van der Waals surface area contributed by atoms with Crippen LogP contribution in [0.2, 0.25) is 0 Å². The van der Waals surface area contributed by atoms with E-state index in [2.05, 4.69) is 34.7 Å². The van der Waals surface area contributed by atoms with E-state index in [1.54, 1.807) is 0 Å². The molecule has 0 saturated heterocycles. The number of aromatic nitrogens is 2. The van der Waals surface area contributed by atoms with Crippen LogP contribution in [0.1, 0.15) is 30.9 Å². The van der Waals surface area contributed by atoms with Crippen molar-refractivity contribution >= 4 is 17.9 Å². The Morgan fingerprint density at radius 1 is 1.07 bits per heavy atom. The standard InChI is InChI=1S/C22H21N3O4/c1-22(2,20(26)27)25-12-11-19(24-25)23-21(28)29-13-18-16-9-5-3-7-14(16)15-8-4-6-10-17(15)18/h3-12,18H,13H2,1-2H3,(H,26,27)(H,23,24,28). The predicted octanol–water partition coefficient (Wildman–Crippen LogP) is 4.06. The van der Waals surface area contributed by atoms with Gasteiger partial charge < -0.3 is 9.84 Å². The van der Waals surface area contributed by atoms with E-state index in [1.165, 1.54) is 30.8 Å². The normalized spacial score (nSPS) is 12.9. The van der Waals surface area contributed by atoms with Gasteiger partial charge in [-0.05, 0) is 36.1 Å². The SMILES string of the molecule is CC(C)(C(=O)O)n1ccc(NC(=O)OCC2c3ccccc3-c3ccccc32)n1. The van der Waals surface area contributed by atoms with Crippen molar-refractivity contribution < 1.29 is 19.4 Å². The molecule has 1 aliphatic rings. The largest absolute Gasteiger partial charge is 0.479 e. The Kier molecular flexibility index (Phi) is 4.58. The lowest BCUT2D eigenvalue weighted by atomic mass is 9.98. The third kappa shape index (κ3) is 3.35. The lowest BCUT2D eigenvalue weighted by Gasteiger charge is -2.19. The van der Waals surface area contributed by atoms with Gasteiger partial charge in [0, 0.05) is 18.2 Å². The molecule has 0 atom stereocenters. The molecule has 7 heteroatoms. The second-order valence-electron chi connectivity index (χ2n) is 7.46. The second kappa shape index (κ2) is 7.09. The van der Waals surface area contributed by atoms with Crippen molar-refractivity contribution in [2.75, 3.05) is 11.9 Å². The number of carbonyl (C=O) groups excluding carboxylic acids is 1. The summed E-state index contributed by atoms with van der Waals surface area (Å²) in [5, 5.41) is 16.0. The summed E-state index contributed by atoms with van der Waals surface area (Å²) in [6.07, 6.45) is 0.873. The summed E-state index contributed by atoms with van der Waals surface area (Å²) in [5.74, 6) is -0.818. The third-order valence-corrected chi connectivity index (χ3v) is 5.26. The minimum Gasteiger partial charge on any atom is -0.479 e. The molecule has 1 heterocycles. The molecule has 148 valence electrons. The van der Waals surface area contributed by atoms with E-state index in [-0.39, 0.29) is 18.3 Å². The van der Waals surface area contributed by atoms with Crippen LogP contribution in [0.15, 0.2) is 60.8 Å². The maximum absolute atomic E-state index is 12.3. The van der Waals surface area contributed by atoms with Crippen LogP contribution in [-0.2, 0) is 15.1 Å². The summed E-state index contributed by atoms with van der Waals surface area (Å²) in [4.78, 5) is 23.6. The van der Waals surface area contributed by atoms with Crippen molar-refractivity contribution in [1.29, 1.82) is 0 Å². The molecular formula is C22H21N3O4. The highest BCUT2D eigenvalue weighted by Crippen LogP contribution is 2.44. The van der Waals surface area contributed by atoms with E-state index < -0.39 is 17.6 Å². The molecule has 3 aromatic rings. The molecule has 29 heavy (non-hydrogen) atoms. The number of aliphatic carboxylic acids is 1. The van der Waals surface area contributed by atoms with E-state index in [1.807, 2.05) is 24.3 Å². The quantitative estimate of drug-likeness (QED) is 0.684. The zero-order chi connectivity index (χ0) is 20.6. The number of amides is 1. The van der Waals surface area contributed by atoms with Gasteiger partial charge in [-0.15, -0.1) is 0 Å². The lowest BCUT2D eigenvalue weighted by molar-refractivity contribution is -0.146. The Morgan fingerprint density at radius 2 is 1.66 bits per heavy atom. The molecule has 4 rings (SSSR count). The van der Waals surface area contributed by atoms with Crippen molar-refractivity contribution in [1.82, 2.24) is 9.78 Å². The van der Waals surface area contributed by atoms with Gasteiger partial charge in [0.25, 0.3) is 0 Å². The van der Waals surface area contributed by atoms with Gasteiger partial charge >= 0.3 is 12.1 Å². The molecule has 0 saturated carbocycles. The van der Waals surface area contributed by atoms with Gasteiger partial charge in [-0.1, -0.05) is 48.5 Å². The van der Waals surface area contributed by atoms with E-state index in [9.17, 15) is 14.7 Å². The van der Waals surface area contributed by atoms with Crippen molar-refractivity contribution in [2.45, 2.75) is 25.3 Å². The molecule has 0 radical (unpaired) electrons. The number of hydrogen-bond acceptors (Lipinski definition) is 4. The van der Waals surface area contributed by atoms with Crippen molar-refractivity contribution in [3.05, 3.63) is 71.9 Å². The molecule has 1 aromatic heterocycles. The van der Waals surface area contributed by atoms with Gasteiger partial charge in [0.15, 0.2) is 11.4 Å². The molecule has 0 aliphatic heterocycles. The Balaban J connectivity index is 1.45. The average molecular weight is 391 g/mol.